The molecule has 1 fully saturated rings. The highest BCUT2D eigenvalue weighted by molar-refractivity contribution is 6.06. The quantitative estimate of drug-likeness (QED) is 0.689. The van der Waals surface area contributed by atoms with Gasteiger partial charge in [0, 0.05) is 6.42 Å². The fraction of sp³-hybridized carbons (Fsp3) is 0.833. The first kappa shape index (κ1) is 14.1. The summed E-state index contributed by atoms with van der Waals surface area (Å²) in [6.45, 7) is 6.18. The molecule has 0 aromatic heterocycles. The number of carbonyl (C=O) groups excluding carboxylic acids is 2. The molecule has 1 aliphatic heterocycles. The fourth-order valence-corrected chi connectivity index (χ4v) is 2.03. The molecule has 1 atom stereocenters. The molecule has 1 saturated heterocycles. The summed E-state index contributed by atoms with van der Waals surface area (Å²) < 4.78 is 0. The van der Waals surface area contributed by atoms with Crippen LogP contribution in [-0.2, 0) is 9.59 Å². The van der Waals surface area contributed by atoms with Crippen LogP contribution in [0.1, 0.15) is 34.1 Å². The average molecular weight is 243 g/mol. The van der Waals surface area contributed by atoms with E-state index in [4.69, 9.17) is 0 Å². The highest BCUT2D eigenvalue weighted by Gasteiger charge is 2.55. The SMILES string of the molecule is CC(C)C1(C)CC(=O)N(C(C)(CO)CO)C1=O. The first-order chi connectivity index (χ1) is 7.73. The molecule has 0 spiro atoms. The lowest BCUT2D eigenvalue weighted by Crippen LogP contribution is -2.56. The summed E-state index contributed by atoms with van der Waals surface area (Å²) in [6, 6.07) is 0. The van der Waals surface area contributed by atoms with E-state index < -0.39 is 24.2 Å². The van der Waals surface area contributed by atoms with Crippen molar-refractivity contribution in [1.29, 1.82) is 0 Å². The molecule has 5 heteroatoms. The highest BCUT2D eigenvalue weighted by Crippen LogP contribution is 2.41. The summed E-state index contributed by atoms with van der Waals surface area (Å²) in [6.07, 6.45) is 0.138. The Labute approximate surface area is 101 Å². The Morgan fingerprint density at radius 1 is 1.35 bits per heavy atom. The van der Waals surface area contributed by atoms with Gasteiger partial charge in [-0.3, -0.25) is 14.5 Å². The third-order valence-corrected chi connectivity index (χ3v) is 3.95. The van der Waals surface area contributed by atoms with Crippen LogP contribution in [-0.4, -0.2) is 45.7 Å². The van der Waals surface area contributed by atoms with E-state index in [1.54, 1.807) is 6.92 Å². The Morgan fingerprint density at radius 2 is 1.82 bits per heavy atom. The monoisotopic (exact) mass is 243 g/mol. The second-order valence-electron chi connectivity index (χ2n) is 5.60. The largest absolute Gasteiger partial charge is 0.394 e. The molecular formula is C12H21NO4. The lowest BCUT2D eigenvalue weighted by atomic mass is 9.77. The summed E-state index contributed by atoms with van der Waals surface area (Å²) >= 11 is 0. The molecule has 1 rings (SSSR count). The van der Waals surface area contributed by atoms with Gasteiger partial charge in [0.25, 0.3) is 0 Å². The number of nitrogens with zero attached hydrogens (tertiary/aromatic N) is 1. The zero-order valence-corrected chi connectivity index (χ0v) is 10.9. The third kappa shape index (κ3) is 1.98. The van der Waals surface area contributed by atoms with Gasteiger partial charge in [-0.25, -0.2) is 0 Å². The van der Waals surface area contributed by atoms with Crippen LogP contribution in [0.2, 0.25) is 0 Å². The van der Waals surface area contributed by atoms with Crippen molar-refractivity contribution in [3.8, 4) is 0 Å². The molecule has 17 heavy (non-hydrogen) atoms. The van der Waals surface area contributed by atoms with Crippen molar-refractivity contribution in [3.63, 3.8) is 0 Å². The molecule has 1 heterocycles. The van der Waals surface area contributed by atoms with Crippen LogP contribution in [0, 0.1) is 11.3 Å². The van der Waals surface area contributed by atoms with Crippen molar-refractivity contribution in [1.82, 2.24) is 4.90 Å². The number of rotatable bonds is 4. The molecule has 2 N–H and O–H groups in total. The van der Waals surface area contributed by atoms with E-state index in [0.717, 1.165) is 4.90 Å². The van der Waals surface area contributed by atoms with Crippen molar-refractivity contribution in [2.75, 3.05) is 13.2 Å². The van der Waals surface area contributed by atoms with Gasteiger partial charge in [-0.2, -0.15) is 0 Å². The minimum atomic E-state index is -1.21. The van der Waals surface area contributed by atoms with Crippen LogP contribution >= 0.6 is 0 Å². The van der Waals surface area contributed by atoms with Crippen LogP contribution < -0.4 is 0 Å². The van der Waals surface area contributed by atoms with E-state index in [-0.39, 0.29) is 24.2 Å². The van der Waals surface area contributed by atoms with Gasteiger partial charge in [0.2, 0.25) is 11.8 Å². The maximum Gasteiger partial charge on any atom is 0.236 e. The van der Waals surface area contributed by atoms with Crippen molar-refractivity contribution in [3.05, 3.63) is 0 Å². The normalized spacial score (nSPS) is 26.2. The van der Waals surface area contributed by atoms with Crippen molar-refractivity contribution >= 4 is 11.8 Å². The summed E-state index contributed by atoms with van der Waals surface area (Å²) in [5.41, 5.74) is -1.94. The molecular weight excluding hydrogens is 222 g/mol. The Hall–Kier alpha value is -0.940. The van der Waals surface area contributed by atoms with Crippen LogP contribution in [0.5, 0.6) is 0 Å². The first-order valence-electron chi connectivity index (χ1n) is 5.82. The molecule has 0 aromatic carbocycles. The van der Waals surface area contributed by atoms with Crippen LogP contribution in [0.3, 0.4) is 0 Å². The maximum atomic E-state index is 12.3. The Morgan fingerprint density at radius 3 is 2.12 bits per heavy atom. The van der Waals surface area contributed by atoms with Gasteiger partial charge in [-0.15, -0.1) is 0 Å². The minimum Gasteiger partial charge on any atom is -0.394 e. The third-order valence-electron chi connectivity index (χ3n) is 3.95. The topological polar surface area (TPSA) is 77.8 Å². The number of hydrogen-bond acceptors (Lipinski definition) is 4. The van der Waals surface area contributed by atoms with E-state index in [9.17, 15) is 19.8 Å². The Balaban J connectivity index is 3.14. The summed E-state index contributed by atoms with van der Waals surface area (Å²) in [5, 5.41) is 18.6. The number of imide groups is 1. The van der Waals surface area contributed by atoms with E-state index in [1.807, 2.05) is 13.8 Å². The molecule has 0 saturated carbocycles. The van der Waals surface area contributed by atoms with E-state index in [1.165, 1.54) is 6.92 Å². The van der Waals surface area contributed by atoms with Gasteiger partial charge in [0.05, 0.1) is 24.2 Å². The Kier molecular flexibility index (Phi) is 3.64. The zero-order valence-electron chi connectivity index (χ0n) is 10.9. The molecule has 0 aliphatic carbocycles. The van der Waals surface area contributed by atoms with E-state index >= 15 is 0 Å². The second-order valence-corrected chi connectivity index (χ2v) is 5.60. The summed E-state index contributed by atoms with van der Waals surface area (Å²) in [4.78, 5) is 25.3. The van der Waals surface area contributed by atoms with E-state index in [0.29, 0.717) is 0 Å². The zero-order chi connectivity index (χ0) is 13.4. The number of aliphatic hydroxyl groups is 2. The molecule has 2 amide bonds. The van der Waals surface area contributed by atoms with Crippen LogP contribution in [0.25, 0.3) is 0 Å². The first-order valence-corrected chi connectivity index (χ1v) is 5.82. The Bertz CT molecular complexity index is 335. The molecule has 1 aliphatic rings. The molecule has 0 radical (unpaired) electrons. The molecule has 1 unspecified atom stereocenters. The number of amides is 2. The summed E-state index contributed by atoms with van der Waals surface area (Å²) in [7, 11) is 0. The predicted molar refractivity (Wildman–Crippen MR) is 62.0 cm³/mol. The smallest absolute Gasteiger partial charge is 0.236 e. The van der Waals surface area contributed by atoms with Gasteiger partial charge in [0.15, 0.2) is 0 Å². The van der Waals surface area contributed by atoms with Crippen molar-refractivity contribution in [2.45, 2.75) is 39.7 Å². The van der Waals surface area contributed by atoms with Crippen molar-refractivity contribution in [2.24, 2.45) is 11.3 Å². The lowest BCUT2D eigenvalue weighted by molar-refractivity contribution is -0.152. The maximum absolute atomic E-state index is 12.3. The van der Waals surface area contributed by atoms with Gasteiger partial charge in [0.1, 0.15) is 0 Å². The minimum absolute atomic E-state index is 0.0329. The average Bonchev–Trinajstić information content (AvgIpc) is 2.50. The van der Waals surface area contributed by atoms with Gasteiger partial charge in [-0.1, -0.05) is 13.8 Å². The highest BCUT2D eigenvalue weighted by atomic mass is 16.3. The number of likely N-dealkylation sites (tertiary alicyclic amines) is 1. The fourth-order valence-electron chi connectivity index (χ4n) is 2.03. The van der Waals surface area contributed by atoms with Gasteiger partial charge < -0.3 is 10.2 Å². The standard InChI is InChI=1S/C12H21NO4/c1-8(2)12(4)5-9(16)13(10(12)17)11(3,6-14)7-15/h8,14-15H,5-7H2,1-4H3. The second kappa shape index (κ2) is 4.38. The number of aliphatic hydroxyl groups excluding tert-OH is 2. The molecule has 0 bridgehead atoms. The van der Waals surface area contributed by atoms with Gasteiger partial charge >= 0.3 is 0 Å². The van der Waals surface area contributed by atoms with E-state index in [2.05, 4.69) is 0 Å². The lowest BCUT2D eigenvalue weighted by Gasteiger charge is -2.36. The molecule has 5 nitrogen and oxygen atoms in total. The van der Waals surface area contributed by atoms with Gasteiger partial charge in [-0.05, 0) is 19.8 Å². The number of hydrogen-bond donors (Lipinski definition) is 2. The summed E-state index contributed by atoms with van der Waals surface area (Å²) in [5.74, 6) is -0.592. The van der Waals surface area contributed by atoms with Crippen LogP contribution in [0.15, 0.2) is 0 Å². The number of carbonyl (C=O) groups is 2. The molecule has 98 valence electrons. The molecule has 0 aromatic rings. The van der Waals surface area contributed by atoms with Crippen LogP contribution in [0.4, 0.5) is 0 Å². The van der Waals surface area contributed by atoms with Crippen molar-refractivity contribution < 1.29 is 19.8 Å². The predicted octanol–water partition coefficient (Wildman–Crippen LogP) is 0.151.